The number of rotatable bonds is 6. The van der Waals surface area contributed by atoms with Crippen LogP contribution in [-0.4, -0.2) is 0 Å². The van der Waals surface area contributed by atoms with Gasteiger partial charge in [0.2, 0.25) is 0 Å². The molecule has 1 unspecified atom stereocenters. The zero-order valence-corrected chi connectivity index (χ0v) is 17.5. The van der Waals surface area contributed by atoms with Crippen LogP contribution in [0, 0.1) is 46.6 Å². The van der Waals surface area contributed by atoms with Crippen molar-refractivity contribution in [2.24, 2.45) is 23.7 Å². The molecule has 0 saturated heterocycles. The number of nitrogens with zero attached hydrogens (tertiary/aromatic N) is 1. The van der Waals surface area contributed by atoms with Crippen LogP contribution in [0.5, 0.6) is 0 Å². The van der Waals surface area contributed by atoms with Crippen LogP contribution in [0.15, 0.2) is 12.1 Å². The molecule has 2 fully saturated rings. The minimum atomic E-state index is -0.724. The van der Waals surface area contributed by atoms with Gasteiger partial charge in [-0.1, -0.05) is 46.0 Å². The molecule has 1 nitrogen and oxygen atoms in total. The Hall–Kier alpha value is -1.43. The molecular weight excluding hydrogens is 352 g/mol. The summed E-state index contributed by atoms with van der Waals surface area (Å²) in [4.78, 5) is 0. The van der Waals surface area contributed by atoms with E-state index in [4.69, 9.17) is 5.26 Å². The third-order valence-electron chi connectivity index (χ3n) is 7.75. The van der Waals surface area contributed by atoms with Crippen molar-refractivity contribution in [3.05, 3.63) is 34.9 Å². The standard InChI is InChI=1S/C25H35F2N/c1-3-4-5-18-6-8-20(9-7-18)21-12-10-19(11-13-21)17(2)22-14-24(26)23(16-28)25(27)15-22/h14-15,17-21H,3-13H2,1-2H3/t17?,18-,19?,20-,21?. The van der Waals surface area contributed by atoms with Gasteiger partial charge in [0.15, 0.2) is 0 Å². The van der Waals surface area contributed by atoms with Crippen LogP contribution in [0.4, 0.5) is 8.78 Å². The van der Waals surface area contributed by atoms with Crippen molar-refractivity contribution in [1.29, 1.82) is 5.26 Å². The number of hydrogen-bond acceptors (Lipinski definition) is 1. The molecule has 2 saturated carbocycles. The predicted octanol–water partition coefficient (Wildman–Crippen LogP) is 7.74. The average molecular weight is 388 g/mol. The Labute approximate surface area is 169 Å². The van der Waals surface area contributed by atoms with Crippen LogP contribution < -0.4 is 0 Å². The van der Waals surface area contributed by atoms with Crippen molar-refractivity contribution >= 4 is 0 Å². The number of benzene rings is 1. The topological polar surface area (TPSA) is 23.8 Å². The minimum absolute atomic E-state index is 0.141. The smallest absolute Gasteiger partial charge is 0.144 e. The van der Waals surface area contributed by atoms with Crippen LogP contribution in [0.3, 0.4) is 0 Å². The lowest BCUT2D eigenvalue weighted by molar-refractivity contribution is 0.136. The maximum absolute atomic E-state index is 14.0. The fourth-order valence-corrected chi connectivity index (χ4v) is 5.79. The third kappa shape index (κ3) is 4.94. The second kappa shape index (κ2) is 9.86. The quantitative estimate of drug-likeness (QED) is 0.489. The van der Waals surface area contributed by atoms with Crippen LogP contribution in [-0.2, 0) is 0 Å². The van der Waals surface area contributed by atoms with E-state index in [2.05, 4.69) is 13.8 Å². The van der Waals surface area contributed by atoms with Gasteiger partial charge in [0.05, 0.1) is 0 Å². The van der Waals surface area contributed by atoms with Crippen molar-refractivity contribution in [2.75, 3.05) is 0 Å². The molecule has 0 N–H and O–H groups in total. The van der Waals surface area contributed by atoms with Crippen molar-refractivity contribution in [3.63, 3.8) is 0 Å². The summed E-state index contributed by atoms with van der Waals surface area (Å²) in [6, 6.07) is 4.36. The fourth-order valence-electron chi connectivity index (χ4n) is 5.79. The first kappa shape index (κ1) is 21.3. The van der Waals surface area contributed by atoms with Gasteiger partial charge in [0, 0.05) is 0 Å². The highest BCUT2D eigenvalue weighted by molar-refractivity contribution is 5.36. The summed E-state index contributed by atoms with van der Waals surface area (Å²) >= 11 is 0. The highest BCUT2D eigenvalue weighted by Crippen LogP contribution is 2.45. The largest absolute Gasteiger partial charge is 0.205 e. The van der Waals surface area contributed by atoms with E-state index in [0.29, 0.717) is 11.5 Å². The first-order chi connectivity index (χ1) is 13.5. The highest BCUT2D eigenvalue weighted by atomic mass is 19.1. The second-order valence-electron chi connectivity index (χ2n) is 9.36. The van der Waals surface area contributed by atoms with Crippen LogP contribution in [0.2, 0.25) is 0 Å². The summed E-state index contributed by atoms with van der Waals surface area (Å²) in [7, 11) is 0. The van der Waals surface area contributed by atoms with E-state index in [9.17, 15) is 8.78 Å². The molecular formula is C25H35F2N. The highest BCUT2D eigenvalue weighted by Gasteiger charge is 2.32. The number of halogens is 2. The average Bonchev–Trinajstić information content (AvgIpc) is 2.72. The summed E-state index contributed by atoms with van der Waals surface area (Å²) in [5.41, 5.74) is 0.239. The Kier molecular flexibility index (Phi) is 7.49. The van der Waals surface area contributed by atoms with Crippen molar-refractivity contribution in [1.82, 2.24) is 0 Å². The van der Waals surface area contributed by atoms with Gasteiger partial charge in [-0.2, -0.15) is 5.26 Å². The van der Waals surface area contributed by atoms with Gasteiger partial charge in [-0.05, 0) is 85.8 Å². The van der Waals surface area contributed by atoms with E-state index in [0.717, 1.165) is 30.6 Å². The molecule has 0 radical (unpaired) electrons. The summed E-state index contributed by atoms with van der Waals surface area (Å²) in [5.74, 6) is 1.90. The van der Waals surface area contributed by atoms with Gasteiger partial charge < -0.3 is 0 Å². The summed E-state index contributed by atoms with van der Waals surface area (Å²) in [5, 5.41) is 8.86. The number of nitriles is 1. The monoisotopic (exact) mass is 387 g/mol. The molecule has 1 aromatic carbocycles. The Bertz CT molecular complexity index is 653. The molecule has 0 bridgehead atoms. The van der Waals surface area contributed by atoms with Gasteiger partial charge in [-0.15, -0.1) is 0 Å². The van der Waals surface area contributed by atoms with Crippen molar-refractivity contribution < 1.29 is 8.78 Å². The Balaban J connectivity index is 1.51. The summed E-state index contributed by atoms with van der Waals surface area (Å²) in [6.45, 7) is 4.37. The normalized spacial score (nSPS) is 29.2. The lowest BCUT2D eigenvalue weighted by atomic mass is 9.66. The van der Waals surface area contributed by atoms with Crippen LogP contribution in [0.25, 0.3) is 0 Å². The molecule has 2 aliphatic rings. The summed E-state index contributed by atoms with van der Waals surface area (Å²) < 4.78 is 28.0. The molecule has 1 aromatic rings. The molecule has 0 aliphatic heterocycles. The Morgan fingerprint density at radius 2 is 1.50 bits per heavy atom. The van der Waals surface area contributed by atoms with E-state index in [1.165, 1.54) is 69.9 Å². The first-order valence-corrected chi connectivity index (χ1v) is 11.4. The lowest BCUT2D eigenvalue weighted by Gasteiger charge is -2.39. The minimum Gasteiger partial charge on any atom is -0.205 e. The summed E-state index contributed by atoms with van der Waals surface area (Å²) in [6.07, 6.45) is 14.6. The first-order valence-electron chi connectivity index (χ1n) is 11.4. The van der Waals surface area contributed by atoms with Crippen LogP contribution >= 0.6 is 0 Å². The van der Waals surface area contributed by atoms with Gasteiger partial charge in [-0.25, -0.2) is 8.78 Å². The van der Waals surface area contributed by atoms with Gasteiger partial charge in [-0.3, -0.25) is 0 Å². The van der Waals surface area contributed by atoms with E-state index >= 15 is 0 Å². The van der Waals surface area contributed by atoms with Crippen LogP contribution in [0.1, 0.15) is 102 Å². The third-order valence-corrected chi connectivity index (χ3v) is 7.75. The molecule has 0 amide bonds. The van der Waals surface area contributed by atoms with E-state index in [1.807, 2.05) is 0 Å². The van der Waals surface area contributed by atoms with Gasteiger partial charge in [0.25, 0.3) is 0 Å². The lowest BCUT2D eigenvalue weighted by Crippen LogP contribution is -2.27. The Morgan fingerprint density at radius 3 is 2.00 bits per heavy atom. The molecule has 1 atom stereocenters. The number of hydrogen-bond donors (Lipinski definition) is 0. The van der Waals surface area contributed by atoms with E-state index in [1.54, 1.807) is 6.07 Å². The molecule has 0 spiro atoms. The van der Waals surface area contributed by atoms with Gasteiger partial charge in [0.1, 0.15) is 23.3 Å². The molecule has 154 valence electrons. The molecule has 3 rings (SSSR count). The molecule has 28 heavy (non-hydrogen) atoms. The maximum Gasteiger partial charge on any atom is 0.144 e. The zero-order valence-electron chi connectivity index (χ0n) is 17.5. The Morgan fingerprint density at radius 1 is 0.964 bits per heavy atom. The fraction of sp³-hybridized carbons (Fsp3) is 0.720. The number of unbranched alkanes of at least 4 members (excludes halogenated alkanes) is 1. The maximum atomic E-state index is 14.0. The van der Waals surface area contributed by atoms with Crippen molar-refractivity contribution in [3.8, 4) is 6.07 Å². The SMILES string of the molecule is CCCC[C@H]1CC[C@H](C2CCC(C(C)c3cc(F)c(C#N)c(F)c3)CC2)CC1. The predicted molar refractivity (Wildman–Crippen MR) is 110 cm³/mol. The van der Waals surface area contributed by atoms with Crippen molar-refractivity contribution in [2.45, 2.75) is 90.4 Å². The molecule has 0 aromatic heterocycles. The molecule has 0 heterocycles. The van der Waals surface area contributed by atoms with E-state index in [-0.39, 0.29) is 5.92 Å². The van der Waals surface area contributed by atoms with Gasteiger partial charge >= 0.3 is 0 Å². The zero-order chi connectivity index (χ0) is 20.1. The van der Waals surface area contributed by atoms with E-state index < -0.39 is 17.2 Å². The molecule has 2 aliphatic carbocycles. The molecule has 3 heteroatoms. The second-order valence-corrected chi connectivity index (χ2v) is 9.36.